The molecule has 54 valence electrons. The summed E-state index contributed by atoms with van der Waals surface area (Å²) in [5, 5.41) is 2.39. The van der Waals surface area contributed by atoms with Crippen molar-refractivity contribution in [1.29, 1.82) is 0 Å². The number of hydrogen-bond donors (Lipinski definition) is 0. The molecule has 0 aliphatic rings. The molecule has 0 bridgehead atoms. The molecule has 9 heavy (non-hydrogen) atoms. The maximum Gasteiger partial charge on any atom is 0.117 e. The first-order valence-corrected chi connectivity index (χ1v) is 5.14. The fraction of sp³-hybridized carbons (Fsp3) is 0.750. The lowest BCUT2D eigenvalue weighted by atomic mass is 10.4. The minimum Gasteiger partial charge on any atom is -0.0396 e. The van der Waals surface area contributed by atoms with Gasteiger partial charge in [0, 0.05) is 10.9 Å². The van der Waals surface area contributed by atoms with Crippen molar-refractivity contribution in [2.24, 2.45) is 0 Å². The number of hydrogen-bond acceptors (Lipinski definition) is 0. The van der Waals surface area contributed by atoms with E-state index in [1.54, 1.807) is 0 Å². The minimum absolute atomic E-state index is 0.569. The Kier molecular flexibility index (Phi) is 4.97. The van der Waals surface area contributed by atoms with E-state index in [0.29, 0.717) is 10.9 Å². The van der Waals surface area contributed by atoms with E-state index in [4.69, 9.17) is 0 Å². The van der Waals surface area contributed by atoms with Crippen LogP contribution in [0.25, 0.3) is 0 Å². The smallest absolute Gasteiger partial charge is 0.0396 e. The van der Waals surface area contributed by atoms with E-state index in [2.05, 4.69) is 33.1 Å². The van der Waals surface area contributed by atoms with Crippen molar-refractivity contribution in [3.63, 3.8) is 0 Å². The van der Waals surface area contributed by atoms with Crippen LogP contribution in [0.4, 0.5) is 0 Å². The molecule has 0 aliphatic heterocycles. The van der Waals surface area contributed by atoms with Crippen molar-refractivity contribution in [2.75, 3.05) is 11.5 Å². The van der Waals surface area contributed by atoms with Crippen molar-refractivity contribution < 1.29 is 0 Å². The molecular formula is C8H17S+. The van der Waals surface area contributed by atoms with Crippen LogP contribution in [0.1, 0.15) is 27.7 Å². The highest BCUT2D eigenvalue weighted by atomic mass is 32.2. The monoisotopic (exact) mass is 145 g/mol. The van der Waals surface area contributed by atoms with Gasteiger partial charge in [-0.15, -0.1) is 0 Å². The van der Waals surface area contributed by atoms with Gasteiger partial charge in [-0.3, -0.25) is 0 Å². The summed E-state index contributed by atoms with van der Waals surface area (Å²) >= 11 is 0. The van der Waals surface area contributed by atoms with Crippen molar-refractivity contribution >= 4 is 10.9 Å². The van der Waals surface area contributed by atoms with Crippen molar-refractivity contribution in [3.05, 3.63) is 11.0 Å². The van der Waals surface area contributed by atoms with Crippen LogP contribution in [0.2, 0.25) is 0 Å². The minimum atomic E-state index is 0.569. The highest BCUT2D eigenvalue weighted by Gasteiger charge is 2.06. The summed E-state index contributed by atoms with van der Waals surface area (Å²) in [5.74, 6) is 2.61. The summed E-state index contributed by atoms with van der Waals surface area (Å²) in [7, 11) is 0.569. The molecule has 0 fully saturated rings. The normalized spacial score (nSPS) is 9.89. The maximum absolute atomic E-state index is 2.39. The van der Waals surface area contributed by atoms with E-state index in [9.17, 15) is 0 Å². The highest BCUT2D eigenvalue weighted by molar-refractivity contribution is 7.99. The molecule has 0 heterocycles. The Bertz CT molecular complexity index is 86.7. The van der Waals surface area contributed by atoms with E-state index in [1.165, 1.54) is 17.1 Å². The Morgan fingerprint density at radius 2 is 1.67 bits per heavy atom. The first kappa shape index (κ1) is 9.09. The molecular weight excluding hydrogens is 128 g/mol. The van der Waals surface area contributed by atoms with Gasteiger partial charge in [0.15, 0.2) is 0 Å². The first-order chi connectivity index (χ1) is 4.20. The largest absolute Gasteiger partial charge is 0.117 e. The molecule has 0 saturated carbocycles. The lowest BCUT2D eigenvalue weighted by Crippen LogP contribution is -2.03. The molecule has 0 aromatic rings. The molecule has 0 unspecified atom stereocenters. The predicted octanol–water partition coefficient (Wildman–Crippen LogP) is 2.57. The van der Waals surface area contributed by atoms with Crippen LogP contribution in [0, 0.1) is 0 Å². The third-order valence-electron chi connectivity index (χ3n) is 1.14. The van der Waals surface area contributed by atoms with Crippen LogP contribution in [-0.4, -0.2) is 11.5 Å². The fourth-order valence-electron chi connectivity index (χ4n) is 0.704. The van der Waals surface area contributed by atoms with Crippen LogP contribution in [0.3, 0.4) is 0 Å². The molecule has 0 aromatic carbocycles. The van der Waals surface area contributed by atoms with Crippen LogP contribution < -0.4 is 0 Å². The Morgan fingerprint density at radius 3 is 1.78 bits per heavy atom. The second kappa shape index (κ2) is 4.92. The van der Waals surface area contributed by atoms with Crippen molar-refractivity contribution in [3.8, 4) is 0 Å². The van der Waals surface area contributed by atoms with Crippen LogP contribution in [-0.2, 0) is 10.9 Å². The lowest BCUT2D eigenvalue weighted by Gasteiger charge is -1.95. The van der Waals surface area contributed by atoms with Gasteiger partial charge in [0.25, 0.3) is 0 Å². The summed E-state index contributed by atoms with van der Waals surface area (Å²) in [5.41, 5.74) is 1.46. The van der Waals surface area contributed by atoms with E-state index >= 15 is 0 Å². The Morgan fingerprint density at radius 1 is 1.22 bits per heavy atom. The van der Waals surface area contributed by atoms with Gasteiger partial charge in [0.1, 0.15) is 16.9 Å². The van der Waals surface area contributed by atoms with Crippen molar-refractivity contribution in [2.45, 2.75) is 27.7 Å². The van der Waals surface area contributed by atoms with Gasteiger partial charge in [-0.1, -0.05) is 0 Å². The van der Waals surface area contributed by atoms with E-state index in [-0.39, 0.29) is 0 Å². The Balaban J connectivity index is 3.68. The summed E-state index contributed by atoms with van der Waals surface area (Å²) in [6.45, 7) is 8.86. The quantitative estimate of drug-likeness (QED) is 0.535. The summed E-state index contributed by atoms with van der Waals surface area (Å²) in [6.07, 6.45) is 0. The third kappa shape index (κ3) is 4.58. The van der Waals surface area contributed by atoms with Gasteiger partial charge in [-0.05, 0) is 33.3 Å². The van der Waals surface area contributed by atoms with Gasteiger partial charge < -0.3 is 0 Å². The maximum atomic E-state index is 2.39. The standard InChI is InChI=1S/C8H17S/c1-5-9(6-2)7-8(3)4/h7H,5-6H2,1-4H3/q+1. The van der Waals surface area contributed by atoms with Crippen LogP contribution >= 0.6 is 0 Å². The average Bonchev–Trinajstić information content (AvgIpc) is 1.82. The molecule has 0 aromatic heterocycles. The highest BCUT2D eigenvalue weighted by Crippen LogP contribution is 2.02. The molecule has 0 N–H and O–H groups in total. The molecule has 0 amide bonds. The summed E-state index contributed by atoms with van der Waals surface area (Å²) in [6, 6.07) is 0. The Labute approximate surface area is 61.7 Å². The average molecular weight is 145 g/mol. The summed E-state index contributed by atoms with van der Waals surface area (Å²) < 4.78 is 0. The second-order valence-electron chi connectivity index (χ2n) is 2.31. The molecule has 0 spiro atoms. The molecule has 0 atom stereocenters. The number of rotatable bonds is 3. The van der Waals surface area contributed by atoms with Gasteiger partial charge in [0.2, 0.25) is 0 Å². The number of allylic oxidation sites excluding steroid dienone is 1. The van der Waals surface area contributed by atoms with E-state index in [0.717, 1.165) is 0 Å². The molecule has 0 saturated heterocycles. The van der Waals surface area contributed by atoms with E-state index in [1.807, 2.05) is 0 Å². The second-order valence-corrected chi connectivity index (χ2v) is 4.78. The van der Waals surface area contributed by atoms with Gasteiger partial charge in [0.05, 0.1) is 0 Å². The third-order valence-corrected chi connectivity index (χ3v) is 3.43. The zero-order valence-corrected chi connectivity index (χ0v) is 7.72. The van der Waals surface area contributed by atoms with E-state index < -0.39 is 0 Å². The first-order valence-electron chi connectivity index (χ1n) is 3.52. The zero-order valence-electron chi connectivity index (χ0n) is 6.90. The molecule has 0 nitrogen and oxygen atoms in total. The topological polar surface area (TPSA) is 0 Å². The fourth-order valence-corrected chi connectivity index (χ4v) is 2.11. The zero-order chi connectivity index (χ0) is 7.28. The predicted molar refractivity (Wildman–Crippen MR) is 47.9 cm³/mol. The van der Waals surface area contributed by atoms with Gasteiger partial charge in [-0.2, -0.15) is 0 Å². The van der Waals surface area contributed by atoms with Crippen LogP contribution in [0.15, 0.2) is 11.0 Å². The van der Waals surface area contributed by atoms with Crippen molar-refractivity contribution in [1.82, 2.24) is 0 Å². The van der Waals surface area contributed by atoms with Gasteiger partial charge in [-0.25, -0.2) is 0 Å². The molecule has 1 heteroatoms. The van der Waals surface area contributed by atoms with Crippen LogP contribution in [0.5, 0.6) is 0 Å². The summed E-state index contributed by atoms with van der Waals surface area (Å²) in [4.78, 5) is 0. The lowest BCUT2D eigenvalue weighted by molar-refractivity contribution is 1.39. The van der Waals surface area contributed by atoms with Gasteiger partial charge >= 0.3 is 0 Å². The Hall–Kier alpha value is 0.0900. The molecule has 0 aliphatic carbocycles. The molecule has 0 radical (unpaired) electrons. The molecule has 0 rings (SSSR count). The SMILES string of the molecule is CC[S+](C=C(C)C)CC.